The largest absolute Gasteiger partial charge is 0.496 e. The Morgan fingerprint density at radius 3 is 2.74 bits per heavy atom. The smallest absolute Gasteiger partial charge is 0.137 e. The predicted molar refractivity (Wildman–Crippen MR) is 82.2 cm³/mol. The van der Waals surface area contributed by atoms with Gasteiger partial charge in [-0.2, -0.15) is 0 Å². The van der Waals surface area contributed by atoms with Gasteiger partial charge in [-0.05, 0) is 36.8 Å². The molecule has 0 spiro atoms. The van der Waals surface area contributed by atoms with Crippen molar-refractivity contribution < 1.29 is 4.74 Å². The molecule has 0 amide bonds. The lowest BCUT2D eigenvalue weighted by molar-refractivity contribution is 0.416. The number of halogens is 1. The van der Waals surface area contributed by atoms with Gasteiger partial charge in [0.15, 0.2) is 0 Å². The fraction of sp³-hybridized carbons (Fsp3) is 0.133. The predicted octanol–water partition coefficient (Wildman–Crippen LogP) is 3.90. The number of para-hydroxylation sites is 1. The summed E-state index contributed by atoms with van der Waals surface area (Å²) in [6.07, 6.45) is 4.04. The zero-order chi connectivity index (χ0) is 12.5. The van der Waals surface area contributed by atoms with Gasteiger partial charge in [0.1, 0.15) is 11.4 Å². The van der Waals surface area contributed by atoms with Crippen LogP contribution in [0, 0.1) is 6.92 Å². The Bertz CT molecular complexity index is 706. The third kappa shape index (κ3) is 2.49. The van der Waals surface area contributed by atoms with E-state index in [1.807, 2.05) is 41.1 Å². The average molecular weight is 319 g/mol. The summed E-state index contributed by atoms with van der Waals surface area (Å²) in [4.78, 5) is 4.64. The highest BCUT2D eigenvalue weighted by atomic mass is 79.9. The number of rotatable bonds is 2. The Labute approximate surface area is 122 Å². The molecule has 0 aliphatic rings. The molecule has 3 aromatic rings. The molecule has 0 aliphatic carbocycles. The van der Waals surface area contributed by atoms with Gasteiger partial charge >= 0.3 is 0 Å². The molecule has 0 fully saturated rings. The van der Waals surface area contributed by atoms with Crippen molar-refractivity contribution in [2.75, 3.05) is 7.11 Å². The minimum atomic E-state index is 0. The van der Waals surface area contributed by atoms with Gasteiger partial charge in [-0.25, -0.2) is 4.98 Å². The lowest BCUT2D eigenvalue weighted by Gasteiger charge is -2.04. The van der Waals surface area contributed by atoms with Gasteiger partial charge in [0, 0.05) is 18.0 Å². The standard InChI is InChI=1S/C15H14N2O.BrH/c1-11-7-8-17-10-13(16-15(17)9-11)12-5-3-4-6-14(12)18-2;/h3-10H,1-2H3;1H. The second-order valence-electron chi connectivity index (χ2n) is 4.30. The van der Waals surface area contributed by atoms with Gasteiger partial charge in [0.25, 0.3) is 0 Å². The molecular weight excluding hydrogens is 304 g/mol. The van der Waals surface area contributed by atoms with Gasteiger partial charge in [0.05, 0.1) is 12.8 Å². The second kappa shape index (κ2) is 5.45. The van der Waals surface area contributed by atoms with E-state index in [0.29, 0.717) is 0 Å². The maximum absolute atomic E-state index is 5.37. The number of fused-ring (bicyclic) bond motifs is 1. The number of imidazole rings is 1. The number of methoxy groups -OCH3 is 1. The number of pyridine rings is 1. The molecule has 0 atom stereocenters. The van der Waals surface area contributed by atoms with Crippen molar-refractivity contribution in [1.82, 2.24) is 9.38 Å². The minimum absolute atomic E-state index is 0. The lowest BCUT2D eigenvalue weighted by atomic mass is 10.1. The summed E-state index contributed by atoms with van der Waals surface area (Å²) < 4.78 is 7.39. The van der Waals surface area contributed by atoms with Crippen molar-refractivity contribution >= 4 is 22.6 Å². The Hall–Kier alpha value is -1.81. The van der Waals surface area contributed by atoms with Crippen molar-refractivity contribution in [2.45, 2.75) is 6.92 Å². The van der Waals surface area contributed by atoms with E-state index in [4.69, 9.17) is 4.74 Å². The van der Waals surface area contributed by atoms with E-state index in [0.717, 1.165) is 22.7 Å². The van der Waals surface area contributed by atoms with Crippen molar-refractivity contribution in [3.8, 4) is 17.0 Å². The molecule has 98 valence electrons. The molecule has 0 radical (unpaired) electrons. The summed E-state index contributed by atoms with van der Waals surface area (Å²) in [6.45, 7) is 2.07. The van der Waals surface area contributed by atoms with Crippen LogP contribution in [0.1, 0.15) is 5.56 Å². The summed E-state index contributed by atoms with van der Waals surface area (Å²) >= 11 is 0. The van der Waals surface area contributed by atoms with Crippen LogP contribution in [0.5, 0.6) is 5.75 Å². The van der Waals surface area contributed by atoms with Crippen molar-refractivity contribution in [2.24, 2.45) is 0 Å². The first kappa shape index (κ1) is 13.6. The van der Waals surface area contributed by atoms with Crippen LogP contribution in [0.2, 0.25) is 0 Å². The molecule has 0 aliphatic heterocycles. The first-order chi connectivity index (χ1) is 8.78. The molecule has 19 heavy (non-hydrogen) atoms. The van der Waals surface area contributed by atoms with Gasteiger partial charge in [0.2, 0.25) is 0 Å². The van der Waals surface area contributed by atoms with E-state index in [1.54, 1.807) is 7.11 Å². The summed E-state index contributed by atoms with van der Waals surface area (Å²) in [7, 11) is 1.68. The van der Waals surface area contributed by atoms with E-state index in [1.165, 1.54) is 5.56 Å². The fourth-order valence-corrected chi connectivity index (χ4v) is 2.07. The zero-order valence-corrected chi connectivity index (χ0v) is 12.5. The highest BCUT2D eigenvalue weighted by Crippen LogP contribution is 2.28. The molecule has 4 heteroatoms. The highest BCUT2D eigenvalue weighted by Gasteiger charge is 2.08. The molecule has 2 heterocycles. The average Bonchev–Trinajstić information content (AvgIpc) is 2.81. The third-order valence-electron chi connectivity index (χ3n) is 3.00. The van der Waals surface area contributed by atoms with E-state index >= 15 is 0 Å². The van der Waals surface area contributed by atoms with Crippen LogP contribution in [0.3, 0.4) is 0 Å². The summed E-state index contributed by atoms with van der Waals surface area (Å²) in [6, 6.07) is 12.1. The molecule has 3 rings (SSSR count). The Morgan fingerprint density at radius 2 is 1.95 bits per heavy atom. The molecule has 0 N–H and O–H groups in total. The Kier molecular flexibility index (Phi) is 3.90. The van der Waals surface area contributed by atoms with E-state index in [2.05, 4.69) is 24.0 Å². The number of hydrogen-bond acceptors (Lipinski definition) is 2. The Morgan fingerprint density at radius 1 is 1.16 bits per heavy atom. The molecule has 0 saturated heterocycles. The molecule has 2 aromatic heterocycles. The number of nitrogens with zero attached hydrogens (tertiary/aromatic N) is 2. The van der Waals surface area contributed by atoms with Gasteiger partial charge < -0.3 is 9.14 Å². The van der Waals surface area contributed by atoms with Crippen LogP contribution < -0.4 is 4.74 Å². The quantitative estimate of drug-likeness (QED) is 0.716. The summed E-state index contributed by atoms with van der Waals surface area (Å²) in [5.41, 5.74) is 4.11. The first-order valence-corrected chi connectivity index (χ1v) is 5.86. The normalized spacial score (nSPS) is 10.2. The lowest BCUT2D eigenvalue weighted by Crippen LogP contribution is -1.86. The molecule has 1 aromatic carbocycles. The van der Waals surface area contributed by atoms with Crippen molar-refractivity contribution in [1.29, 1.82) is 0 Å². The molecular formula is C15H15BrN2O. The highest BCUT2D eigenvalue weighted by molar-refractivity contribution is 8.93. The molecule has 0 bridgehead atoms. The van der Waals surface area contributed by atoms with Crippen molar-refractivity contribution in [3.05, 3.63) is 54.4 Å². The second-order valence-corrected chi connectivity index (χ2v) is 4.30. The molecule has 0 saturated carbocycles. The number of benzene rings is 1. The molecule has 3 nitrogen and oxygen atoms in total. The monoisotopic (exact) mass is 318 g/mol. The van der Waals surface area contributed by atoms with Gasteiger partial charge in [-0.3, -0.25) is 0 Å². The number of hydrogen-bond donors (Lipinski definition) is 0. The zero-order valence-electron chi connectivity index (χ0n) is 10.8. The SMILES string of the molecule is Br.COc1ccccc1-c1cn2ccc(C)cc2n1. The first-order valence-electron chi connectivity index (χ1n) is 5.86. The number of aryl methyl sites for hydroxylation is 1. The number of ether oxygens (including phenoxy) is 1. The van der Waals surface area contributed by atoms with Crippen LogP contribution in [0.15, 0.2) is 48.8 Å². The van der Waals surface area contributed by atoms with E-state index in [9.17, 15) is 0 Å². The van der Waals surface area contributed by atoms with Crippen LogP contribution in [0.4, 0.5) is 0 Å². The van der Waals surface area contributed by atoms with E-state index < -0.39 is 0 Å². The molecule has 0 unspecified atom stereocenters. The van der Waals surface area contributed by atoms with Crippen LogP contribution in [0.25, 0.3) is 16.9 Å². The fourth-order valence-electron chi connectivity index (χ4n) is 2.07. The van der Waals surface area contributed by atoms with Gasteiger partial charge in [-0.1, -0.05) is 12.1 Å². The third-order valence-corrected chi connectivity index (χ3v) is 3.00. The van der Waals surface area contributed by atoms with Crippen molar-refractivity contribution in [3.63, 3.8) is 0 Å². The van der Waals surface area contributed by atoms with Crippen LogP contribution in [-0.2, 0) is 0 Å². The Balaban J connectivity index is 0.00000133. The van der Waals surface area contributed by atoms with E-state index in [-0.39, 0.29) is 17.0 Å². The van der Waals surface area contributed by atoms with Crippen LogP contribution in [-0.4, -0.2) is 16.5 Å². The number of aromatic nitrogens is 2. The van der Waals surface area contributed by atoms with Gasteiger partial charge in [-0.15, -0.1) is 17.0 Å². The summed E-state index contributed by atoms with van der Waals surface area (Å²) in [5.74, 6) is 0.845. The minimum Gasteiger partial charge on any atom is -0.496 e. The topological polar surface area (TPSA) is 26.5 Å². The summed E-state index contributed by atoms with van der Waals surface area (Å²) in [5, 5.41) is 0. The maximum atomic E-state index is 5.37. The van der Waals surface area contributed by atoms with Crippen LogP contribution >= 0.6 is 17.0 Å². The maximum Gasteiger partial charge on any atom is 0.137 e.